The summed E-state index contributed by atoms with van der Waals surface area (Å²) in [7, 11) is 2.87. The molecule has 0 aliphatic carbocycles. The van der Waals surface area contributed by atoms with Crippen molar-refractivity contribution < 1.29 is 9.53 Å². The number of benzene rings is 1. The second-order valence-corrected chi connectivity index (χ2v) is 7.55. The number of rotatable bonds is 5. The van der Waals surface area contributed by atoms with Gasteiger partial charge in [0.15, 0.2) is 16.3 Å². The normalized spacial score (nSPS) is 12.3. The molecule has 8 nitrogen and oxygen atoms in total. The Hall–Kier alpha value is -2.81. The fourth-order valence-corrected chi connectivity index (χ4v) is 3.63. The van der Waals surface area contributed by atoms with E-state index < -0.39 is 22.5 Å². The molecule has 0 saturated carbocycles. The van der Waals surface area contributed by atoms with Crippen LogP contribution in [0.15, 0.2) is 39.0 Å². The lowest BCUT2D eigenvalue weighted by molar-refractivity contribution is -0.139. The molecule has 1 aromatic carbocycles. The van der Waals surface area contributed by atoms with Crippen LogP contribution >= 0.6 is 11.8 Å². The van der Waals surface area contributed by atoms with Crippen molar-refractivity contribution in [2.24, 2.45) is 7.05 Å². The fraction of sp³-hybridized carbons (Fsp3) is 0.333. The number of thioether (sulfide) groups is 1. The number of nitrogens with one attached hydrogen (secondary N) is 1. The predicted octanol–water partition coefficient (Wildman–Crippen LogP) is 1.43. The van der Waals surface area contributed by atoms with Gasteiger partial charge in [-0.25, -0.2) is 9.78 Å². The maximum absolute atomic E-state index is 12.5. The van der Waals surface area contributed by atoms with Crippen molar-refractivity contribution in [3.05, 3.63) is 56.2 Å². The van der Waals surface area contributed by atoms with Crippen molar-refractivity contribution in [3.63, 3.8) is 0 Å². The summed E-state index contributed by atoms with van der Waals surface area (Å²) < 4.78 is 7.79. The fourth-order valence-electron chi connectivity index (χ4n) is 2.70. The van der Waals surface area contributed by atoms with Crippen molar-refractivity contribution in [2.75, 3.05) is 7.11 Å². The Labute approximate surface area is 159 Å². The number of nitrogens with zero attached hydrogens (tertiary/aromatic N) is 3. The summed E-state index contributed by atoms with van der Waals surface area (Å²) in [4.78, 5) is 43.0. The minimum atomic E-state index is -0.537. The number of H-pyrrole nitrogens is 1. The molecule has 142 valence electrons. The number of aryl methyl sites for hydroxylation is 2. The highest BCUT2D eigenvalue weighted by Gasteiger charge is 2.22. The monoisotopic (exact) mass is 388 g/mol. The Bertz CT molecular complexity index is 1110. The first-order chi connectivity index (χ1) is 12.8. The molecule has 0 aliphatic heterocycles. The van der Waals surface area contributed by atoms with Crippen molar-refractivity contribution in [1.82, 2.24) is 19.1 Å². The molecule has 1 atom stereocenters. The topological polar surface area (TPSA) is 99.0 Å². The van der Waals surface area contributed by atoms with Crippen LogP contribution in [0.1, 0.15) is 18.1 Å². The van der Waals surface area contributed by atoms with E-state index in [-0.39, 0.29) is 11.2 Å². The van der Waals surface area contributed by atoms with Gasteiger partial charge in [-0.2, -0.15) is 0 Å². The van der Waals surface area contributed by atoms with E-state index >= 15 is 0 Å². The molecule has 2 heterocycles. The second kappa shape index (κ2) is 7.43. The van der Waals surface area contributed by atoms with Gasteiger partial charge in [0.1, 0.15) is 5.25 Å². The van der Waals surface area contributed by atoms with Crippen LogP contribution in [0.5, 0.6) is 0 Å². The van der Waals surface area contributed by atoms with Crippen molar-refractivity contribution in [1.29, 1.82) is 0 Å². The van der Waals surface area contributed by atoms with Gasteiger partial charge in [0.25, 0.3) is 5.56 Å². The Morgan fingerprint density at radius 1 is 1.30 bits per heavy atom. The molecule has 0 saturated heterocycles. The number of hydrogen-bond donors (Lipinski definition) is 1. The molecule has 0 aliphatic rings. The molecule has 27 heavy (non-hydrogen) atoms. The summed E-state index contributed by atoms with van der Waals surface area (Å²) in [5.41, 5.74) is 1.62. The minimum absolute atomic E-state index is 0.274. The van der Waals surface area contributed by atoms with E-state index in [1.807, 2.05) is 31.2 Å². The van der Waals surface area contributed by atoms with Gasteiger partial charge in [-0.3, -0.25) is 19.1 Å². The number of aromatic nitrogens is 4. The van der Waals surface area contributed by atoms with E-state index in [0.717, 1.165) is 11.1 Å². The molecule has 9 heteroatoms. The molecule has 0 radical (unpaired) electrons. The van der Waals surface area contributed by atoms with Gasteiger partial charge in [0, 0.05) is 7.05 Å². The first-order valence-electron chi connectivity index (χ1n) is 8.31. The second-order valence-electron chi connectivity index (χ2n) is 6.24. The third kappa shape index (κ3) is 3.68. The van der Waals surface area contributed by atoms with Gasteiger partial charge in [-0.1, -0.05) is 41.6 Å². The van der Waals surface area contributed by atoms with E-state index in [4.69, 9.17) is 4.74 Å². The zero-order valence-corrected chi connectivity index (χ0v) is 16.3. The van der Waals surface area contributed by atoms with Gasteiger partial charge in [0.05, 0.1) is 13.7 Å². The van der Waals surface area contributed by atoms with Gasteiger partial charge in [-0.15, -0.1) is 0 Å². The average Bonchev–Trinajstić information content (AvgIpc) is 2.99. The van der Waals surface area contributed by atoms with Crippen LogP contribution in [-0.2, 0) is 23.1 Å². The summed E-state index contributed by atoms with van der Waals surface area (Å²) in [5.74, 6) is -0.392. The molecule has 2 aromatic heterocycles. The van der Waals surface area contributed by atoms with E-state index in [1.54, 1.807) is 18.5 Å². The Morgan fingerprint density at radius 2 is 1.96 bits per heavy atom. The lowest BCUT2D eigenvalue weighted by atomic mass is 10.1. The number of methoxy groups -OCH3 is 1. The summed E-state index contributed by atoms with van der Waals surface area (Å²) in [6, 6.07) is 7.90. The molecule has 1 unspecified atom stereocenters. The van der Waals surface area contributed by atoms with Crippen molar-refractivity contribution in [2.45, 2.75) is 30.8 Å². The van der Waals surface area contributed by atoms with Crippen LogP contribution in [0.3, 0.4) is 0 Å². The van der Waals surface area contributed by atoms with Crippen LogP contribution in [0, 0.1) is 6.92 Å². The van der Waals surface area contributed by atoms with Crippen LogP contribution in [-0.4, -0.2) is 37.4 Å². The predicted molar refractivity (Wildman–Crippen MR) is 103 cm³/mol. The average molecular weight is 388 g/mol. The maximum atomic E-state index is 12.5. The summed E-state index contributed by atoms with van der Waals surface area (Å²) in [6.45, 7) is 4.08. The molecular formula is C18H20N4O4S. The number of imidazole rings is 1. The molecule has 0 spiro atoms. The highest BCUT2D eigenvalue weighted by atomic mass is 32.2. The number of aromatic amines is 1. The summed E-state index contributed by atoms with van der Waals surface area (Å²) >= 11 is 1.18. The number of carbonyl (C=O) groups excluding carboxylic acids is 1. The molecule has 1 N–H and O–H groups in total. The molecule has 0 fully saturated rings. The van der Waals surface area contributed by atoms with E-state index in [1.165, 1.54) is 23.4 Å². The lowest BCUT2D eigenvalue weighted by Gasteiger charge is -2.11. The Balaban J connectivity index is 2.17. The Kier molecular flexibility index (Phi) is 5.22. The minimum Gasteiger partial charge on any atom is -0.468 e. The standard InChI is InChI=1S/C18H20N4O4S/c1-10-5-7-12(8-6-10)9-22-13-14(21(3)17(25)20-15(13)23)19-18(22)27-11(2)16(24)26-4/h5-8,11H,9H2,1-4H3,(H,20,23,25). The number of esters is 1. The highest BCUT2D eigenvalue weighted by molar-refractivity contribution is 8.00. The van der Waals surface area contributed by atoms with Crippen molar-refractivity contribution in [3.8, 4) is 0 Å². The zero-order valence-electron chi connectivity index (χ0n) is 15.5. The van der Waals surface area contributed by atoms with E-state index in [0.29, 0.717) is 11.7 Å². The molecular weight excluding hydrogens is 368 g/mol. The largest absolute Gasteiger partial charge is 0.468 e. The van der Waals surface area contributed by atoms with E-state index in [9.17, 15) is 14.4 Å². The maximum Gasteiger partial charge on any atom is 0.329 e. The first kappa shape index (κ1) is 19.0. The third-order valence-corrected chi connectivity index (χ3v) is 5.32. The van der Waals surface area contributed by atoms with Gasteiger partial charge in [0.2, 0.25) is 0 Å². The highest BCUT2D eigenvalue weighted by Crippen LogP contribution is 2.27. The molecule has 0 bridgehead atoms. The van der Waals surface area contributed by atoms with Crippen LogP contribution in [0.2, 0.25) is 0 Å². The summed E-state index contributed by atoms with van der Waals surface area (Å²) in [6.07, 6.45) is 0. The first-order valence-corrected chi connectivity index (χ1v) is 9.19. The van der Waals surface area contributed by atoms with Crippen molar-refractivity contribution >= 4 is 28.9 Å². The van der Waals surface area contributed by atoms with Crippen LogP contribution in [0.25, 0.3) is 11.2 Å². The number of hydrogen-bond acceptors (Lipinski definition) is 6. The molecule has 3 aromatic rings. The Morgan fingerprint density at radius 3 is 2.59 bits per heavy atom. The van der Waals surface area contributed by atoms with E-state index in [2.05, 4.69) is 9.97 Å². The SMILES string of the molecule is COC(=O)C(C)Sc1nc2c(c(=O)[nH]c(=O)n2C)n1Cc1ccc(C)cc1. The number of ether oxygens (including phenoxy) is 1. The smallest absolute Gasteiger partial charge is 0.329 e. The molecule has 3 rings (SSSR count). The van der Waals surface area contributed by atoms with Crippen LogP contribution < -0.4 is 11.2 Å². The van der Waals surface area contributed by atoms with Gasteiger partial charge >= 0.3 is 11.7 Å². The number of carbonyl (C=O) groups is 1. The van der Waals surface area contributed by atoms with Crippen LogP contribution in [0.4, 0.5) is 0 Å². The zero-order chi connectivity index (χ0) is 19.7. The quantitative estimate of drug-likeness (QED) is 0.524. The van der Waals surface area contributed by atoms with Gasteiger partial charge < -0.3 is 9.30 Å². The third-order valence-electron chi connectivity index (χ3n) is 4.25. The number of fused-ring (bicyclic) bond motifs is 1. The van der Waals surface area contributed by atoms with Gasteiger partial charge in [-0.05, 0) is 19.4 Å². The lowest BCUT2D eigenvalue weighted by Crippen LogP contribution is -2.29. The summed E-state index contributed by atoms with van der Waals surface area (Å²) in [5, 5.41) is -0.0464. The molecule has 0 amide bonds.